The molecule has 1 amide bonds. The van der Waals surface area contributed by atoms with E-state index in [4.69, 9.17) is 0 Å². The molecule has 2 rings (SSSR count). The maximum absolute atomic E-state index is 11.8. The Morgan fingerprint density at radius 1 is 1.32 bits per heavy atom. The molecule has 19 heavy (non-hydrogen) atoms. The van der Waals surface area contributed by atoms with E-state index in [-0.39, 0.29) is 12.3 Å². The molecule has 0 bridgehead atoms. The van der Waals surface area contributed by atoms with Crippen LogP contribution in [0.5, 0.6) is 0 Å². The number of carbonyl (C=O) groups is 2. The number of hydrogen-bond acceptors (Lipinski definition) is 4. The van der Waals surface area contributed by atoms with Gasteiger partial charge in [-0.2, -0.15) is 0 Å². The Morgan fingerprint density at radius 3 is 2.63 bits per heavy atom. The third-order valence-corrected chi connectivity index (χ3v) is 3.15. The van der Waals surface area contributed by atoms with Crippen LogP contribution < -0.4 is 5.32 Å². The van der Waals surface area contributed by atoms with Crippen molar-refractivity contribution in [3.8, 4) is 0 Å². The van der Waals surface area contributed by atoms with E-state index in [1.807, 2.05) is 0 Å². The Balaban J connectivity index is 2.05. The topological polar surface area (TPSA) is 79.3 Å². The van der Waals surface area contributed by atoms with Crippen LogP contribution in [0.4, 0.5) is 0 Å². The van der Waals surface area contributed by atoms with E-state index in [1.54, 1.807) is 41.2 Å². The van der Waals surface area contributed by atoms with Crippen molar-refractivity contribution in [3.63, 3.8) is 0 Å². The molecule has 0 aliphatic carbocycles. The first-order chi connectivity index (χ1) is 9.16. The molecule has 1 aromatic heterocycles. The number of benzene rings is 1. The number of nitrogens with one attached hydrogen (secondary N) is 1. The number of carboxylic acid groups (broad SMARTS) is 1. The number of hydrogen-bond donors (Lipinski definition) is 2. The van der Waals surface area contributed by atoms with E-state index < -0.39 is 12.0 Å². The van der Waals surface area contributed by atoms with E-state index >= 15 is 0 Å². The van der Waals surface area contributed by atoms with E-state index in [2.05, 4.69) is 10.3 Å². The zero-order valence-electron chi connectivity index (χ0n) is 9.95. The maximum atomic E-state index is 11.8. The summed E-state index contributed by atoms with van der Waals surface area (Å²) in [7, 11) is 0. The third kappa shape index (κ3) is 3.62. The molecule has 0 saturated carbocycles. The second kappa shape index (κ2) is 6.10. The van der Waals surface area contributed by atoms with Gasteiger partial charge in [-0.15, -0.1) is 11.3 Å². The van der Waals surface area contributed by atoms with Crippen LogP contribution in [0.1, 0.15) is 17.3 Å². The highest BCUT2D eigenvalue weighted by molar-refractivity contribution is 7.07. The largest absolute Gasteiger partial charge is 0.479 e. The van der Waals surface area contributed by atoms with E-state index in [0.29, 0.717) is 11.3 Å². The monoisotopic (exact) mass is 276 g/mol. The summed E-state index contributed by atoms with van der Waals surface area (Å²) in [6, 6.07) is 7.56. The lowest BCUT2D eigenvalue weighted by Crippen LogP contribution is -2.34. The van der Waals surface area contributed by atoms with Gasteiger partial charge in [-0.25, -0.2) is 9.78 Å². The normalized spacial score (nSPS) is 11.8. The minimum Gasteiger partial charge on any atom is -0.479 e. The summed E-state index contributed by atoms with van der Waals surface area (Å²) in [6.45, 7) is 0. The number of amides is 1. The van der Waals surface area contributed by atoms with Gasteiger partial charge in [0.1, 0.15) is 0 Å². The Kier molecular flexibility index (Phi) is 4.25. The lowest BCUT2D eigenvalue weighted by Gasteiger charge is -2.14. The van der Waals surface area contributed by atoms with Crippen LogP contribution in [0.25, 0.3) is 0 Å². The average molecular weight is 276 g/mol. The number of nitrogens with zero attached hydrogens (tertiary/aromatic N) is 1. The SMILES string of the molecule is O=C(Cc1cscn1)NC(C(=O)O)c1ccccc1. The number of rotatable bonds is 5. The van der Waals surface area contributed by atoms with Gasteiger partial charge in [0, 0.05) is 5.38 Å². The molecule has 1 unspecified atom stereocenters. The summed E-state index contributed by atoms with van der Waals surface area (Å²) in [4.78, 5) is 27.0. The van der Waals surface area contributed by atoms with Gasteiger partial charge in [-0.3, -0.25) is 4.79 Å². The van der Waals surface area contributed by atoms with Gasteiger partial charge in [-0.1, -0.05) is 30.3 Å². The molecule has 1 aromatic carbocycles. The molecule has 5 nitrogen and oxygen atoms in total. The van der Waals surface area contributed by atoms with Crippen LogP contribution in [0.3, 0.4) is 0 Å². The minimum absolute atomic E-state index is 0.0834. The highest BCUT2D eigenvalue weighted by atomic mass is 32.1. The van der Waals surface area contributed by atoms with E-state index in [9.17, 15) is 14.7 Å². The highest BCUT2D eigenvalue weighted by Crippen LogP contribution is 2.13. The van der Waals surface area contributed by atoms with Gasteiger partial charge in [0.05, 0.1) is 17.6 Å². The number of carboxylic acids is 1. The van der Waals surface area contributed by atoms with Crippen molar-refractivity contribution in [2.75, 3.05) is 0 Å². The Hall–Kier alpha value is -2.21. The molecule has 2 aromatic rings. The molecule has 1 heterocycles. The zero-order valence-corrected chi connectivity index (χ0v) is 10.8. The lowest BCUT2D eigenvalue weighted by atomic mass is 10.1. The standard InChI is InChI=1S/C13H12N2O3S/c16-11(6-10-7-19-8-14-10)15-12(13(17)18)9-4-2-1-3-5-9/h1-5,7-8,12H,6H2,(H,15,16)(H,17,18). The number of carbonyl (C=O) groups excluding carboxylic acids is 1. The summed E-state index contributed by atoms with van der Waals surface area (Å²) < 4.78 is 0. The molecule has 0 fully saturated rings. The summed E-state index contributed by atoms with van der Waals surface area (Å²) in [5, 5.41) is 13.4. The average Bonchev–Trinajstić information content (AvgIpc) is 2.89. The molecule has 0 saturated heterocycles. The fourth-order valence-electron chi connectivity index (χ4n) is 1.63. The van der Waals surface area contributed by atoms with Gasteiger partial charge in [-0.05, 0) is 5.56 Å². The predicted octanol–water partition coefficient (Wildman–Crippen LogP) is 1.63. The highest BCUT2D eigenvalue weighted by Gasteiger charge is 2.21. The first kappa shape index (κ1) is 13.2. The Labute approximate surface area is 113 Å². The summed E-state index contributed by atoms with van der Waals surface area (Å²) in [5.41, 5.74) is 2.82. The van der Waals surface area contributed by atoms with Crippen LogP contribution in [0, 0.1) is 0 Å². The molecule has 0 aliphatic heterocycles. The fraction of sp³-hybridized carbons (Fsp3) is 0.154. The van der Waals surface area contributed by atoms with Crippen molar-refractivity contribution in [1.82, 2.24) is 10.3 Å². The Morgan fingerprint density at radius 2 is 2.05 bits per heavy atom. The Bertz CT molecular complexity index is 555. The predicted molar refractivity (Wildman–Crippen MR) is 70.8 cm³/mol. The minimum atomic E-state index is -1.09. The van der Waals surface area contributed by atoms with Gasteiger partial charge < -0.3 is 10.4 Å². The fourth-order valence-corrected chi connectivity index (χ4v) is 2.19. The van der Waals surface area contributed by atoms with Gasteiger partial charge in [0.25, 0.3) is 0 Å². The van der Waals surface area contributed by atoms with Crippen LogP contribution in [-0.4, -0.2) is 22.0 Å². The van der Waals surface area contributed by atoms with Crippen LogP contribution in [0.2, 0.25) is 0 Å². The van der Waals surface area contributed by atoms with Crippen LogP contribution in [0.15, 0.2) is 41.2 Å². The molecule has 98 valence electrons. The summed E-state index contributed by atoms with van der Waals surface area (Å²) >= 11 is 1.40. The van der Waals surface area contributed by atoms with Gasteiger partial charge >= 0.3 is 5.97 Å². The summed E-state index contributed by atoms with van der Waals surface area (Å²) in [5.74, 6) is -1.44. The van der Waals surface area contributed by atoms with Crippen LogP contribution >= 0.6 is 11.3 Å². The van der Waals surface area contributed by atoms with Crippen molar-refractivity contribution in [3.05, 3.63) is 52.5 Å². The quantitative estimate of drug-likeness (QED) is 0.870. The number of thiazole rings is 1. The molecule has 0 aliphatic rings. The lowest BCUT2D eigenvalue weighted by molar-refractivity contribution is -0.142. The van der Waals surface area contributed by atoms with Crippen LogP contribution in [-0.2, 0) is 16.0 Å². The van der Waals surface area contributed by atoms with Crippen molar-refractivity contribution >= 4 is 23.2 Å². The second-order valence-corrected chi connectivity index (χ2v) is 4.62. The molecule has 2 N–H and O–H groups in total. The molecular formula is C13H12N2O3S. The van der Waals surface area contributed by atoms with Crippen molar-refractivity contribution in [2.45, 2.75) is 12.5 Å². The maximum Gasteiger partial charge on any atom is 0.330 e. The first-order valence-corrected chi connectivity index (χ1v) is 6.55. The van der Waals surface area contributed by atoms with Gasteiger partial charge in [0.2, 0.25) is 5.91 Å². The smallest absolute Gasteiger partial charge is 0.330 e. The molecular weight excluding hydrogens is 264 g/mol. The molecule has 1 atom stereocenters. The second-order valence-electron chi connectivity index (χ2n) is 3.91. The zero-order chi connectivity index (χ0) is 13.7. The third-order valence-electron chi connectivity index (χ3n) is 2.51. The number of aliphatic carboxylic acids is 1. The van der Waals surface area contributed by atoms with E-state index in [0.717, 1.165) is 0 Å². The van der Waals surface area contributed by atoms with Crippen molar-refractivity contribution in [1.29, 1.82) is 0 Å². The molecule has 6 heteroatoms. The van der Waals surface area contributed by atoms with Gasteiger partial charge in [0.15, 0.2) is 6.04 Å². The summed E-state index contributed by atoms with van der Waals surface area (Å²) in [6.07, 6.45) is 0.0834. The number of aromatic nitrogens is 1. The van der Waals surface area contributed by atoms with Crippen molar-refractivity contribution in [2.24, 2.45) is 0 Å². The molecule has 0 spiro atoms. The van der Waals surface area contributed by atoms with Crippen molar-refractivity contribution < 1.29 is 14.7 Å². The first-order valence-electron chi connectivity index (χ1n) is 5.61. The van der Waals surface area contributed by atoms with E-state index in [1.165, 1.54) is 11.3 Å². The molecule has 0 radical (unpaired) electrons.